The van der Waals surface area contributed by atoms with Crippen LogP contribution in [0.15, 0.2) is 48.5 Å². The number of hydrogen-bond donors (Lipinski definition) is 2. The molecule has 30 heavy (non-hydrogen) atoms. The van der Waals surface area contributed by atoms with Crippen LogP contribution in [-0.4, -0.2) is 30.6 Å². The van der Waals surface area contributed by atoms with Crippen LogP contribution in [0, 0.1) is 5.82 Å². The molecule has 160 valence electrons. The number of carbonyl (C=O) groups is 1. The summed E-state index contributed by atoms with van der Waals surface area (Å²) in [5.41, 5.74) is 1.24. The molecule has 2 aliphatic carbocycles. The zero-order valence-corrected chi connectivity index (χ0v) is 17.7. The quantitative estimate of drug-likeness (QED) is 0.662. The van der Waals surface area contributed by atoms with E-state index in [1.165, 1.54) is 5.56 Å². The molecule has 0 heterocycles. The average Bonchev–Trinajstić information content (AvgIpc) is 2.72. The van der Waals surface area contributed by atoms with Crippen LogP contribution in [0.4, 0.5) is 4.39 Å². The predicted octanol–water partition coefficient (Wildman–Crippen LogP) is 4.82. The Morgan fingerprint density at radius 1 is 0.933 bits per heavy atom. The topological polar surface area (TPSA) is 50.4 Å². The highest BCUT2D eigenvalue weighted by Gasteiger charge is 2.33. The molecule has 0 aliphatic heterocycles. The molecular weight excluding hydrogens is 403 g/mol. The lowest BCUT2D eigenvalue weighted by atomic mass is 9.75. The third kappa shape index (κ3) is 5.73. The van der Waals surface area contributed by atoms with Gasteiger partial charge in [-0.3, -0.25) is 4.79 Å². The second-order valence-corrected chi connectivity index (χ2v) is 8.88. The fourth-order valence-electron chi connectivity index (χ4n) is 4.45. The average molecular weight is 431 g/mol. The van der Waals surface area contributed by atoms with Crippen molar-refractivity contribution < 1.29 is 13.9 Å². The van der Waals surface area contributed by atoms with Gasteiger partial charge in [-0.25, -0.2) is 4.39 Å². The van der Waals surface area contributed by atoms with Crippen molar-refractivity contribution in [1.82, 2.24) is 10.6 Å². The maximum atomic E-state index is 13.1. The maximum Gasteiger partial charge on any atom is 0.258 e. The molecule has 2 fully saturated rings. The van der Waals surface area contributed by atoms with Crippen molar-refractivity contribution in [2.24, 2.45) is 0 Å². The molecule has 6 heteroatoms. The lowest BCUT2D eigenvalue weighted by Crippen LogP contribution is -2.49. The number of nitrogens with one attached hydrogen (secondary N) is 2. The first-order valence-corrected chi connectivity index (χ1v) is 11.1. The van der Waals surface area contributed by atoms with E-state index in [1.54, 1.807) is 36.4 Å². The van der Waals surface area contributed by atoms with Gasteiger partial charge in [0, 0.05) is 23.1 Å². The number of hydrogen-bond acceptors (Lipinski definition) is 3. The van der Waals surface area contributed by atoms with Crippen molar-refractivity contribution in [2.75, 3.05) is 6.61 Å². The highest BCUT2D eigenvalue weighted by atomic mass is 35.5. The van der Waals surface area contributed by atoms with Crippen LogP contribution in [0.3, 0.4) is 0 Å². The zero-order chi connectivity index (χ0) is 20.9. The molecule has 1 amide bonds. The van der Waals surface area contributed by atoms with Crippen LogP contribution in [0.25, 0.3) is 0 Å². The molecule has 4 rings (SSSR count). The minimum absolute atomic E-state index is 0.0205. The van der Waals surface area contributed by atoms with Crippen molar-refractivity contribution in [3.05, 3.63) is 64.9 Å². The summed E-state index contributed by atoms with van der Waals surface area (Å²) in [6.07, 6.45) is 6.34. The lowest BCUT2D eigenvalue weighted by Gasteiger charge is -2.40. The van der Waals surface area contributed by atoms with Crippen molar-refractivity contribution in [3.63, 3.8) is 0 Å². The van der Waals surface area contributed by atoms with Crippen LogP contribution in [-0.2, 0) is 4.79 Å². The van der Waals surface area contributed by atoms with Crippen molar-refractivity contribution in [2.45, 2.75) is 62.6 Å². The number of ether oxygens (including phenoxy) is 1. The van der Waals surface area contributed by atoms with Crippen LogP contribution >= 0.6 is 11.6 Å². The van der Waals surface area contributed by atoms with Gasteiger partial charge in [0.1, 0.15) is 11.6 Å². The Kier molecular flexibility index (Phi) is 6.90. The van der Waals surface area contributed by atoms with Crippen molar-refractivity contribution in [1.29, 1.82) is 0 Å². The lowest BCUT2D eigenvalue weighted by molar-refractivity contribution is -0.124. The molecule has 2 aromatic carbocycles. The molecule has 2 aromatic rings. The van der Waals surface area contributed by atoms with Gasteiger partial charge in [0.05, 0.1) is 0 Å². The van der Waals surface area contributed by atoms with Crippen molar-refractivity contribution in [3.8, 4) is 5.75 Å². The van der Waals surface area contributed by atoms with Gasteiger partial charge in [-0.15, -0.1) is 0 Å². The molecule has 0 aromatic heterocycles. The Bertz CT molecular complexity index is 829. The van der Waals surface area contributed by atoms with E-state index in [4.69, 9.17) is 16.3 Å². The largest absolute Gasteiger partial charge is 0.484 e. The van der Waals surface area contributed by atoms with Crippen molar-refractivity contribution >= 4 is 17.5 Å². The van der Waals surface area contributed by atoms with Gasteiger partial charge >= 0.3 is 0 Å². The molecule has 2 saturated carbocycles. The second kappa shape index (κ2) is 9.80. The van der Waals surface area contributed by atoms with E-state index < -0.39 is 0 Å². The molecule has 0 saturated heterocycles. The number of halogens is 2. The molecule has 0 radical (unpaired) electrons. The van der Waals surface area contributed by atoms with Gasteiger partial charge in [0.25, 0.3) is 5.91 Å². The SMILES string of the molecule is O=C(COc1ccc(Cl)cc1)NC1CCC(NC2CC(c3ccc(F)cc3)C2)CC1. The van der Waals surface area contributed by atoms with Gasteiger partial charge in [0.2, 0.25) is 0 Å². The van der Waals surface area contributed by atoms with Crippen LogP contribution in [0.2, 0.25) is 5.02 Å². The zero-order valence-electron chi connectivity index (χ0n) is 17.0. The Labute approximate surface area is 182 Å². The van der Waals surface area contributed by atoms with E-state index in [1.807, 2.05) is 12.1 Å². The minimum atomic E-state index is -0.173. The second-order valence-electron chi connectivity index (χ2n) is 8.44. The summed E-state index contributed by atoms with van der Waals surface area (Å²) >= 11 is 5.85. The van der Waals surface area contributed by atoms with Gasteiger partial charge in [-0.1, -0.05) is 23.7 Å². The summed E-state index contributed by atoms with van der Waals surface area (Å²) in [5.74, 6) is 0.928. The molecule has 0 bridgehead atoms. The smallest absolute Gasteiger partial charge is 0.258 e. The maximum absolute atomic E-state index is 13.1. The molecular formula is C24H28ClFN2O2. The Morgan fingerprint density at radius 3 is 2.23 bits per heavy atom. The van der Waals surface area contributed by atoms with Gasteiger partial charge in [-0.05, 0) is 86.4 Å². The molecule has 0 unspecified atom stereocenters. The summed E-state index contributed by atoms with van der Waals surface area (Å²) in [6, 6.07) is 15.2. The number of amides is 1. The van der Waals surface area contributed by atoms with E-state index in [2.05, 4.69) is 10.6 Å². The van der Waals surface area contributed by atoms with E-state index in [-0.39, 0.29) is 24.4 Å². The normalized spacial score (nSPS) is 25.9. The van der Waals surface area contributed by atoms with Crippen LogP contribution in [0.1, 0.15) is 50.0 Å². The molecule has 4 nitrogen and oxygen atoms in total. The highest BCUT2D eigenvalue weighted by molar-refractivity contribution is 6.30. The first kappa shape index (κ1) is 21.1. The predicted molar refractivity (Wildman–Crippen MR) is 116 cm³/mol. The van der Waals surface area contributed by atoms with Gasteiger partial charge < -0.3 is 15.4 Å². The monoisotopic (exact) mass is 430 g/mol. The molecule has 0 atom stereocenters. The third-order valence-corrected chi connectivity index (χ3v) is 6.48. The summed E-state index contributed by atoms with van der Waals surface area (Å²) in [7, 11) is 0. The fourth-order valence-corrected chi connectivity index (χ4v) is 4.57. The van der Waals surface area contributed by atoms with E-state index in [0.29, 0.717) is 28.8 Å². The highest BCUT2D eigenvalue weighted by Crippen LogP contribution is 2.37. The molecule has 2 N–H and O–H groups in total. The summed E-state index contributed by atoms with van der Waals surface area (Å²) < 4.78 is 18.6. The summed E-state index contributed by atoms with van der Waals surface area (Å²) in [6.45, 7) is 0.0205. The number of carbonyl (C=O) groups excluding carboxylic acids is 1. The van der Waals surface area contributed by atoms with E-state index in [0.717, 1.165) is 38.5 Å². The van der Waals surface area contributed by atoms with Crippen LogP contribution in [0.5, 0.6) is 5.75 Å². The molecule has 0 spiro atoms. The van der Waals surface area contributed by atoms with E-state index in [9.17, 15) is 9.18 Å². The Balaban J connectivity index is 1.11. The first-order chi connectivity index (χ1) is 14.5. The number of benzene rings is 2. The Morgan fingerprint density at radius 2 is 1.57 bits per heavy atom. The van der Waals surface area contributed by atoms with Gasteiger partial charge in [-0.2, -0.15) is 0 Å². The number of rotatable bonds is 7. The standard InChI is InChI=1S/C24H28ClFN2O2/c25-18-3-11-23(12-4-18)30-15-24(29)28-21-9-7-20(8-10-21)27-22-13-17(14-22)16-1-5-19(26)6-2-16/h1-6,11-12,17,20-22,27H,7-10,13-15H2,(H,28,29). The Hall–Kier alpha value is -2.11. The third-order valence-electron chi connectivity index (χ3n) is 6.23. The van der Waals surface area contributed by atoms with Gasteiger partial charge in [0.15, 0.2) is 6.61 Å². The summed E-state index contributed by atoms with van der Waals surface area (Å²) in [4.78, 5) is 12.2. The summed E-state index contributed by atoms with van der Waals surface area (Å²) in [5, 5.41) is 7.50. The fraction of sp³-hybridized carbons (Fsp3) is 0.458. The molecule has 2 aliphatic rings. The van der Waals surface area contributed by atoms with E-state index >= 15 is 0 Å². The first-order valence-electron chi connectivity index (χ1n) is 10.7. The minimum Gasteiger partial charge on any atom is -0.484 e. The van der Waals surface area contributed by atoms with Crippen LogP contribution < -0.4 is 15.4 Å².